The van der Waals surface area contributed by atoms with Crippen molar-refractivity contribution in [3.8, 4) is 5.75 Å². The van der Waals surface area contributed by atoms with Crippen molar-refractivity contribution in [2.24, 2.45) is 0 Å². The van der Waals surface area contributed by atoms with Crippen LogP contribution in [0, 0.1) is 6.92 Å². The fourth-order valence-electron chi connectivity index (χ4n) is 3.87. The van der Waals surface area contributed by atoms with Gasteiger partial charge in [-0.1, -0.05) is 18.2 Å². The summed E-state index contributed by atoms with van der Waals surface area (Å²) < 4.78 is 7.40. The van der Waals surface area contributed by atoms with E-state index in [1.165, 1.54) is 0 Å². The Morgan fingerprint density at radius 3 is 2.82 bits per heavy atom. The van der Waals surface area contributed by atoms with Gasteiger partial charge in [-0.05, 0) is 26.0 Å². The van der Waals surface area contributed by atoms with Crippen LogP contribution in [0.3, 0.4) is 0 Å². The molecule has 4 rings (SSSR count). The maximum atomic E-state index is 13.5. The highest BCUT2D eigenvalue weighted by Gasteiger charge is 2.36. The van der Waals surface area contributed by atoms with E-state index in [0.717, 1.165) is 17.0 Å². The monoisotopic (exact) mass is 381 g/mol. The van der Waals surface area contributed by atoms with Crippen molar-refractivity contribution in [3.63, 3.8) is 0 Å². The molecule has 0 bridgehead atoms. The third kappa shape index (κ3) is 3.11. The van der Waals surface area contributed by atoms with Crippen molar-refractivity contribution in [3.05, 3.63) is 58.6 Å². The van der Waals surface area contributed by atoms with Gasteiger partial charge in [0.2, 0.25) is 0 Å². The number of benzene rings is 1. The van der Waals surface area contributed by atoms with Gasteiger partial charge in [0, 0.05) is 17.8 Å². The molecular formula is C20H23N5O3. The molecule has 2 aliphatic rings. The van der Waals surface area contributed by atoms with Crippen LogP contribution in [0.5, 0.6) is 5.75 Å². The van der Waals surface area contributed by atoms with Gasteiger partial charge in [-0.25, -0.2) is 4.79 Å². The van der Waals surface area contributed by atoms with Crippen molar-refractivity contribution >= 4 is 11.9 Å². The molecule has 1 atom stereocenters. The topological polar surface area (TPSA) is 88.5 Å². The number of amides is 3. The lowest BCUT2D eigenvalue weighted by molar-refractivity contribution is -0.129. The molecule has 1 aromatic heterocycles. The van der Waals surface area contributed by atoms with Gasteiger partial charge in [0.25, 0.3) is 5.91 Å². The molecular weight excluding hydrogens is 358 g/mol. The smallest absolute Gasteiger partial charge is 0.319 e. The summed E-state index contributed by atoms with van der Waals surface area (Å²) in [7, 11) is 1.58. The number of hydrogen-bond acceptors (Lipinski definition) is 4. The number of nitrogens with one attached hydrogen (secondary N) is 2. The van der Waals surface area contributed by atoms with E-state index in [0.29, 0.717) is 36.7 Å². The van der Waals surface area contributed by atoms with Crippen molar-refractivity contribution < 1.29 is 14.3 Å². The van der Waals surface area contributed by atoms with E-state index in [1.54, 1.807) is 18.9 Å². The molecule has 0 spiro atoms. The maximum absolute atomic E-state index is 13.5. The number of methoxy groups -OCH3 is 1. The van der Waals surface area contributed by atoms with E-state index in [1.807, 2.05) is 41.9 Å². The van der Waals surface area contributed by atoms with Crippen LogP contribution in [0.2, 0.25) is 0 Å². The molecule has 2 N–H and O–H groups in total. The van der Waals surface area contributed by atoms with Crippen LogP contribution >= 0.6 is 0 Å². The van der Waals surface area contributed by atoms with Gasteiger partial charge in [0.1, 0.15) is 5.75 Å². The fraction of sp³-hybridized carbons (Fsp3) is 0.350. The maximum Gasteiger partial charge on any atom is 0.319 e. The number of ether oxygens (including phenoxy) is 1. The van der Waals surface area contributed by atoms with Crippen LogP contribution in [0.4, 0.5) is 4.79 Å². The van der Waals surface area contributed by atoms with Crippen LogP contribution in [0.1, 0.15) is 29.9 Å². The van der Waals surface area contributed by atoms with Crippen LogP contribution in [0.25, 0.3) is 0 Å². The highest BCUT2D eigenvalue weighted by atomic mass is 16.5. The molecule has 2 aliphatic heterocycles. The molecule has 1 aromatic carbocycles. The lowest BCUT2D eigenvalue weighted by atomic mass is 9.93. The van der Waals surface area contributed by atoms with Crippen molar-refractivity contribution in [2.45, 2.75) is 33.0 Å². The zero-order valence-electron chi connectivity index (χ0n) is 16.2. The van der Waals surface area contributed by atoms with E-state index in [-0.39, 0.29) is 11.9 Å². The molecule has 0 fully saturated rings. The zero-order valence-corrected chi connectivity index (χ0v) is 16.2. The Hall–Kier alpha value is -3.29. The van der Waals surface area contributed by atoms with Gasteiger partial charge in [-0.3, -0.25) is 9.48 Å². The second-order valence-corrected chi connectivity index (χ2v) is 7.04. The normalized spacial score (nSPS) is 19.0. The summed E-state index contributed by atoms with van der Waals surface area (Å²) in [6, 6.07) is 8.50. The number of fused-ring (bicyclic) bond motifs is 1. The second kappa shape index (κ2) is 7.03. The third-order valence-electron chi connectivity index (χ3n) is 5.16. The molecule has 28 heavy (non-hydrogen) atoms. The predicted octanol–water partition coefficient (Wildman–Crippen LogP) is 1.87. The number of carbonyl (C=O) groups is 2. The minimum atomic E-state index is -0.578. The molecule has 3 heterocycles. The van der Waals surface area contributed by atoms with Crippen molar-refractivity contribution in [2.75, 3.05) is 13.7 Å². The highest BCUT2D eigenvalue weighted by Crippen LogP contribution is 2.34. The van der Waals surface area contributed by atoms with Crippen LogP contribution in [0.15, 0.2) is 41.6 Å². The van der Waals surface area contributed by atoms with Crippen LogP contribution < -0.4 is 15.4 Å². The first kappa shape index (κ1) is 18.1. The molecule has 8 nitrogen and oxygen atoms in total. The van der Waals surface area contributed by atoms with E-state index in [9.17, 15) is 9.59 Å². The quantitative estimate of drug-likeness (QED) is 0.850. The van der Waals surface area contributed by atoms with Gasteiger partial charge >= 0.3 is 6.03 Å². The summed E-state index contributed by atoms with van der Waals surface area (Å²) in [5, 5.41) is 10.1. The van der Waals surface area contributed by atoms with E-state index in [2.05, 4.69) is 15.7 Å². The van der Waals surface area contributed by atoms with E-state index in [4.69, 9.17) is 4.74 Å². The van der Waals surface area contributed by atoms with Crippen molar-refractivity contribution in [1.29, 1.82) is 0 Å². The Morgan fingerprint density at radius 2 is 2.04 bits per heavy atom. The number of hydrogen-bond donors (Lipinski definition) is 2. The highest BCUT2D eigenvalue weighted by molar-refractivity contribution is 5.98. The van der Waals surface area contributed by atoms with E-state index < -0.39 is 6.04 Å². The van der Waals surface area contributed by atoms with Gasteiger partial charge in [-0.2, -0.15) is 5.10 Å². The SMILES string of the molecule is COc1ccccc1[C@H]1NC(=O)NC(C)=C1C(=O)N1CCn2nc(C)cc2C1. The first-order valence-electron chi connectivity index (χ1n) is 9.21. The average Bonchev–Trinajstić information content (AvgIpc) is 3.06. The first-order valence-corrected chi connectivity index (χ1v) is 9.21. The third-order valence-corrected chi connectivity index (χ3v) is 5.16. The summed E-state index contributed by atoms with van der Waals surface area (Å²) in [6.07, 6.45) is 0. The molecule has 3 amide bonds. The number of para-hydroxylation sites is 1. The van der Waals surface area contributed by atoms with Gasteiger partial charge < -0.3 is 20.3 Å². The fourth-order valence-corrected chi connectivity index (χ4v) is 3.87. The Bertz CT molecular complexity index is 978. The van der Waals surface area contributed by atoms with Gasteiger partial charge in [0.15, 0.2) is 0 Å². The zero-order chi connectivity index (χ0) is 19.8. The Morgan fingerprint density at radius 1 is 1.25 bits per heavy atom. The lowest BCUT2D eigenvalue weighted by Crippen LogP contribution is -2.49. The van der Waals surface area contributed by atoms with Crippen molar-refractivity contribution in [1.82, 2.24) is 25.3 Å². The minimum Gasteiger partial charge on any atom is -0.496 e. The number of allylic oxidation sites excluding steroid dienone is 1. The summed E-state index contributed by atoms with van der Waals surface area (Å²) in [5.41, 5.74) is 3.78. The number of aryl methyl sites for hydroxylation is 1. The largest absolute Gasteiger partial charge is 0.496 e. The number of urea groups is 1. The lowest BCUT2D eigenvalue weighted by Gasteiger charge is -2.34. The molecule has 2 aromatic rings. The number of aromatic nitrogens is 2. The minimum absolute atomic E-state index is 0.106. The van der Waals surface area contributed by atoms with E-state index >= 15 is 0 Å². The Kier molecular flexibility index (Phi) is 4.54. The summed E-state index contributed by atoms with van der Waals surface area (Å²) >= 11 is 0. The Labute approximate surface area is 163 Å². The second-order valence-electron chi connectivity index (χ2n) is 7.04. The van der Waals surface area contributed by atoms with Gasteiger partial charge in [0.05, 0.1) is 43.2 Å². The standard InChI is InChI=1S/C20H23N5O3/c1-12-10-14-11-24(8-9-25(14)23-12)19(26)17-13(2)21-20(27)22-18(17)15-6-4-5-7-16(15)28-3/h4-7,10,18H,8-9,11H2,1-3H3,(H2,21,22,27)/t18-/m1/s1. The first-order chi connectivity index (χ1) is 13.5. The number of carbonyl (C=O) groups excluding carboxylic acids is 2. The molecule has 0 aliphatic carbocycles. The predicted molar refractivity (Wildman–Crippen MR) is 102 cm³/mol. The molecule has 8 heteroatoms. The molecule has 0 unspecified atom stereocenters. The number of nitrogens with zero attached hydrogens (tertiary/aromatic N) is 3. The summed E-state index contributed by atoms with van der Waals surface area (Å²) in [5.74, 6) is 0.520. The molecule has 146 valence electrons. The summed E-state index contributed by atoms with van der Waals surface area (Å²) in [6.45, 7) is 5.41. The Balaban J connectivity index is 1.70. The van der Waals surface area contributed by atoms with Gasteiger partial charge in [-0.15, -0.1) is 0 Å². The molecule has 0 radical (unpaired) electrons. The van der Waals surface area contributed by atoms with Crippen LogP contribution in [-0.2, 0) is 17.9 Å². The number of rotatable bonds is 3. The summed E-state index contributed by atoms with van der Waals surface area (Å²) in [4.78, 5) is 27.4. The average molecular weight is 381 g/mol. The van der Waals surface area contributed by atoms with Crippen LogP contribution in [-0.4, -0.2) is 40.3 Å². The molecule has 0 saturated heterocycles. The molecule has 0 saturated carbocycles.